The van der Waals surface area contributed by atoms with Crippen molar-refractivity contribution in [3.63, 3.8) is 0 Å². The van der Waals surface area contributed by atoms with Crippen LogP contribution >= 0.6 is 15.9 Å². The molecule has 0 aliphatic carbocycles. The van der Waals surface area contributed by atoms with Gasteiger partial charge in [0.2, 0.25) is 0 Å². The van der Waals surface area contributed by atoms with E-state index in [2.05, 4.69) is 21.2 Å². The summed E-state index contributed by atoms with van der Waals surface area (Å²) in [6.07, 6.45) is 2.94. The summed E-state index contributed by atoms with van der Waals surface area (Å²) in [5.41, 5.74) is 0.707. The first-order valence-electron chi connectivity index (χ1n) is 5.54. The van der Waals surface area contributed by atoms with E-state index in [0.29, 0.717) is 16.0 Å². The van der Waals surface area contributed by atoms with E-state index in [9.17, 15) is 9.50 Å². The fourth-order valence-electron chi connectivity index (χ4n) is 2.17. The highest BCUT2D eigenvalue weighted by Gasteiger charge is 2.17. The summed E-state index contributed by atoms with van der Waals surface area (Å²) in [4.78, 5) is 0. The predicted octanol–water partition coefficient (Wildman–Crippen LogP) is 2.84. The van der Waals surface area contributed by atoms with Crippen molar-refractivity contribution in [1.82, 2.24) is 5.32 Å². The summed E-state index contributed by atoms with van der Waals surface area (Å²) >= 11 is 3.25. The Morgan fingerprint density at radius 1 is 1.38 bits per heavy atom. The molecule has 0 atom stereocenters. The number of hydrogen-bond donors (Lipinski definition) is 2. The molecular formula is C12H15BrFNO. The van der Waals surface area contributed by atoms with Gasteiger partial charge in [0.05, 0.1) is 0 Å². The van der Waals surface area contributed by atoms with Gasteiger partial charge in [0.25, 0.3) is 0 Å². The molecule has 1 fully saturated rings. The number of nitrogens with one attached hydrogen (secondary N) is 1. The minimum absolute atomic E-state index is 0.193. The Morgan fingerprint density at radius 2 is 2.06 bits per heavy atom. The predicted molar refractivity (Wildman–Crippen MR) is 65.1 cm³/mol. The Hall–Kier alpha value is -0.610. The lowest BCUT2D eigenvalue weighted by molar-refractivity contribution is 0.362. The second-order valence-corrected chi connectivity index (χ2v) is 5.21. The van der Waals surface area contributed by atoms with Gasteiger partial charge in [0.15, 0.2) is 11.6 Å². The molecule has 0 saturated carbocycles. The van der Waals surface area contributed by atoms with Crippen LogP contribution < -0.4 is 5.32 Å². The average molecular weight is 288 g/mol. The molecular weight excluding hydrogens is 273 g/mol. The molecule has 4 heteroatoms. The van der Waals surface area contributed by atoms with Crippen LogP contribution in [0.4, 0.5) is 4.39 Å². The Morgan fingerprint density at radius 3 is 2.75 bits per heavy atom. The molecule has 0 spiro atoms. The van der Waals surface area contributed by atoms with Crippen molar-refractivity contribution in [2.24, 2.45) is 5.92 Å². The van der Waals surface area contributed by atoms with E-state index in [1.54, 1.807) is 6.07 Å². The lowest BCUT2D eigenvalue weighted by Crippen LogP contribution is -2.28. The Balaban J connectivity index is 2.13. The second-order valence-electron chi connectivity index (χ2n) is 4.29. The summed E-state index contributed by atoms with van der Waals surface area (Å²) < 4.78 is 14.0. The Kier molecular flexibility index (Phi) is 3.82. The molecule has 1 aliphatic rings. The van der Waals surface area contributed by atoms with Crippen molar-refractivity contribution in [3.05, 3.63) is 28.0 Å². The first kappa shape index (κ1) is 11.9. The van der Waals surface area contributed by atoms with E-state index in [4.69, 9.17) is 0 Å². The van der Waals surface area contributed by atoms with Crippen LogP contribution in [0.25, 0.3) is 0 Å². The maximum Gasteiger partial charge on any atom is 0.166 e. The molecule has 0 bridgehead atoms. The van der Waals surface area contributed by atoms with Crippen molar-refractivity contribution >= 4 is 15.9 Å². The monoisotopic (exact) mass is 287 g/mol. The molecule has 1 aromatic carbocycles. The minimum Gasteiger partial charge on any atom is -0.505 e. The van der Waals surface area contributed by atoms with E-state index < -0.39 is 5.82 Å². The fourth-order valence-corrected chi connectivity index (χ4v) is 2.65. The summed E-state index contributed by atoms with van der Waals surface area (Å²) in [6.45, 7) is 2.03. The van der Waals surface area contributed by atoms with Gasteiger partial charge < -0.3 is 10.4 Å². The number of phenolic OH excluding ortho intramolecular Hbond substituents is 1. The fraction of sp³-hybridized carbons (Fsp3) is 0.500. The molecule has 2 N–H and O–H groups in total. The zero-order valence-electron chi connectivity index (χ0n) is 8.97. The van der Waals surface area contributed by atoms with Gasteiger partial charge >= 0.3 is 0 Å². The quantitative estimate of drug-likeness (QED) is 0.877. The van der Waals surface area contributed by atoms with E-state index in [-0.39, 0.29) is 5.75 Å². The molecule has 2 rings (SSSR count). The van der Waals surface area contributed by atoms with Gasteiger partial charge in [-0.05, 0) is 56.0 Å². The third kappa shape index (κ3) is 2.74. The highest BCUT2D eigenvalue weighted by atomic mass is 79.9. The van der Waals surface area contributed by atoms with E-state index in [1.165, 1.54) is 6.07 Å². The molecule has 0 unspecified atom stereocenters. The number of piperidine rings is 1. The van der Waals surface area contributed by atoms with Crippen LogP contribution in [0.1, 0.15) is 18.4 Å². The first-order valence-corrected chi connectivity index (χ1v) is 6.33. The number of halogens is 2. The summed E-state index contributed by atoms with van der Waals surface area (Å²) in [5.74, 6) is -0.194. The SMILES string of the molecule is Oc1c(F)cc(Br)cc1CC1CCNCC1. The third-order valence-corrected chi connectivity index (χ3v) is 3.53. The van der Waals surface area contributed by atoms with Gasteiger partial charge in [-0.1, -0.05) is 15.9 Å². The minimum atomic E-state index is -0.543. The highest BCUT2D eigenvalue weighted by Crippen LogP contribution is 2.29. The largest absolute Gasteiger partial charge is 0.505 e. The Bertz CT molecular complexity index is 378. The van der Waals surface area contributed by atoms with Crippen LogP contribution in [-0.4, -0.2) is 18.2 Å². The Labute approximate surface area is 103 Å². The van der Waals surface area contributed by atoms with E-state index in [1.807, 2.05) is 0 Å². The number of phenols is 1. The van der Waals surface area contributed by atoms with Crippen LogP contribution in [0, 0.1) is 11.7 Å². The van der Waals surface area contributed by atoms with E-state index >= 15 is 0 Å². The molecule has 1 aliphatic heterocycles. The normalized spacial score (nSPS) is 17.6. The van der Waals surface area contributed by atoms with Crippen LogP contribution in [0.15, 0.2) is 16.6 Å². The topological polar surface area (TPSA) is 32.3 Å². The number of benzene rings is 1. The zero-order chi connectivity index (χ0) is 11.5. The van der Waals surface area contributed by atoms with Gasteiger partial charge in [-0.2, -0.15) is 0 Å². The first-order chi connectivity index (χ1) is 7.66. The lowest BCUT2D eigenvalue weighted by Gasteiger charge is -2.23. The van der Waals surface area contributed by atoms with Crippen LogP contribution in [-0.2, 0) is 6.42 Å². The molecule has 2 nitrogen and oxygen atoms in total. The molecule has 0 aromatic heterocycles. The van der Waals surface area contributed by atoms with Crippen LogP contribution in [0.5, 0.6) is 5.75 Å². The number of hydrogen-bond acceptors (Lipinski definition) is 2. The summed E-state index contributed by atoms with van der Waals surface area (Å²) in [5, 5.41) is 12.9. The van der Waals surface area contributed by atoms with Crippen molar-refractivity contribution in [3.8, 4) is 5.75 Å². The van der Waals surface area contributed by atoms with Crippen molar-refractivity contribution in [2.75, 3.05) is 13.1 Å². The lowest BCUT2D eigenvalue weighted by atomic mass is 9.90. The number of rotatable bonds is 2. The smallest absolute Gasteiger partial charge is 0.166 e. The van der Waals surface area contributed by atoms with Crippen molar-refractivity contribution in [2.45, 2.75) is 19.3 Å². The second kappa shape index (κ2) is 5.15. The molecule has 0 radical (unpaired) electrons. The summed E-state index contributed by atoms with van der Waals surface area (Å²) in [7, 11) is 0. The van der Waals surface area contributed by atoms with Crippen LogP contribution in [0.3, 0.4) is 0 Å². The molecule has 1 aromatic rings. The maximum atomic E-state index is 13.3. The number of aromatic hydroxyl groups is 1. The van der Waals surface area contributed by atoms with Gasteiger partial charge in [0.1, 0.15) is 0 Å². The van der Waals surface area contributed by atoms with Gasteiger partial charge in [-0.25, -0.2) is 4.39 Å². The van der Waals surface area contributed by atoms with Crippen LogP contribution in [0.2, 0.25) is 0 Å². The molecule has 1 saturated heterocycles. The average Bonchev–Trinajstić information content (AvgIpc) is 2.27. The standard InChI is InChI=1S/C12H15BrFNO/c13-10-6-9(12(16)11(14)7-10)5-8-1-3-15-4-2-8/h6-8,15-16H,1-5H2. The molecule has 1 heterocycles. The molecule has 16 heavy (non-hydrogen) atoms. The third-order valence-electron chi connectivity index (χ3n) is 3.07. The maximum absolute atomic E-state index is 13.3. The zero-order valence-corrected chi connectivity index (χ0v) is 10.6. The highest BCUT2D eigenvalue weighted by molar-refractivity contribution is 9.10. The van der Waals surface area contributed by atoms with Gasteiger partial charge in [0, 0.05) is 4.47 Å². The van der Waals surface area contributed by atoms with Gasteiger partial charge in [-0.3, -0.25) is 0 Å². The van der Waals surface area contributed by atoms with Crippen molar-refractivity contribution < 1.29 is 9.50 Å². The molecule has 88 valence electrons. The van der Waals surface area contributed by atoms with Crippen molar-refractivity contribution in [1.29, 1.82) is 0 Å². The van der Waals surface area contributed by atoms with Gasteiger partial charge in [-0.15, -0.1) is 0 Å². The molecule has 0 amide bonds. The van der Waals surface area contributed by atoms with E-state index in [0.717, 1.165) is 32.4 Å². The summed E-state index contributed by atoms with van der Waals surface area (Å²) in [6, 6.07) is 3.10.